The molecule has 7 nitrogen and oxygen atoms in total. The van der Waals surface area contributed by atoms with Crippen LogP contribution in [0.1, 0.15) is 16.2 Å². The molecule has 2 aromatic heterocycles. The van der Waals surface area contributed by atoms with E-state index >= 15 is 0 Å². The van der Waals surface area contributed by atoms with E-state index in [1.165, 1.54) is 12.1 Å². The molecule has 1 aliphatic rings. The zero-order valence-electron chi connectivity index (χ0n) is 15.7. The Labute approximate surface area is 162 Å². The lowest BCUT2D eigenvalue weighted by Gasteiger charge is -2.27. The number of nitrogens with zero attached hydrogens (tertiary/aromatic N) is 5. The van der Waals surface area contributed by atoms with Crippen LogP contribution in [0.2, 0.25) is 0 Å². The molecule has 0 bridgehead atoms. The van der Waals surface area contributed by atoms with E-state index in [1.807, 2.05) is 37.2 Å². The first kappa shape index (κ1) is 18.0. The van der Waals surface area contributed by atoms with Crippen molar-refractivity contribution >= 4 is 17.5 Å². The number of halogens is 1. The quantitative estimate of drug-likeness (QED) is 0.680. The third-order valence-corrected chi connectivity index (χ3v) is 4.49. The minimum atomic E-state index is -0.317. The lowest BCUT2D eigenvalue weighted by atomic mass is 10.2. The van der Waals surface area contributed by atoms with Crippen LogP contribution < -0.4 is 14.5 Å². The van der Waals surface area contributed by atoms with Crippen LogP contribution in [0.5, 0.6) is 5.75 Å². The van der Waals surface area contributed by atoms with Crippen LogP contribution in [-0.2, 0) is 13.2 Å². The fourth-order valence-corrected chi connectivity index (χ4v) is 3.04. The number of anilines is 2. The Balaban J connectivity index is 1.51. The second-order valence-electron chi connectivity index (χ2n) is 6.69. The number of fused-ring (bicyclic) bond motifs is 1. The monoisotopic (exact) mass is 381 g/mol. The van der Waals surface area contributed by atoms with Crippen molar-refractivity contribution in [3.05, 3.63) is 65.7 Å². The van der Waals surface area contributed by atoms with Crippen molar-refractivity contribution in [1.82, 2.24) is 14.8 Å². The normalized spacial score (nSPS) is 13.4. The van der Waals surface area contributed by atoms with Crippen molar-refractivity contribution in [2.75, 3.05) is 30.4 Å². The van der Waals surface area contributed by atoms with Crippen LogP contribution in [0.3, 0.4) is 0 Å². The molecule has 0 saturated carbocycles. The smallest absolute Gasteiger partial charge is 0.277 e. The third-order valence-electron chi connectivity index (χ3n) is 4.49. The van der Waals surface area contributed by atoms with E-state index < -0.39 is 0 Å². The molecule has 3 heterocycles. The molecular formula is C20H20FN5O2. The molecule has 0 unspecified atom stereocenters. The molecule has 0 atom stereocenters. The van der Waals surface area contributed by atoms with Crippen LogP contribution >= 0.6 is 0 Å². The molecule has 28 heavy (non-hydrogen) atoms. The summed E-state index contributed by atoms with van der Waals surface area (Å²) in [6, 6.07) is 13.1. The summed E-state index contributed by atoms with van der Waals surface area (Å²) in [5.74, 6) is 1.49. The maximum atomic E-state index is 13.0. The molecule has 1 aliphatic heterocycles. The van der Waals surface area contributed by atoms with Crippen LogP contribution in [0.25, 0.3) is 0 Å². The number of hydrogen-bond donors (Lipinski definition) is 0. The van der Waals surface area contributed by atoms with Gasteiger partial charge in [-0.1, -0.05) is 6.07 Å². The Morgan fingerprint density at radius 3 is 2.68 bits per heavy atom. The van der Waals surface area contributed by atoms with E-state index in [1.54, 1.807) is 27.8 Å². The highest BCUT2D eigenvalue weighted by Gasteiger charge is 2.28. The first-order valence-corrected chi connectivity index (χ1v) is 8.92. The van der Waals surface area contributed by atoms with E-state index in [0.717, 1.165) is 5.82 Å². The summed E-state index contributed by atoms with van der Waals surface area (Å²) in [7, 11) is 3.82. The maximum absolute atomic E-state index is 13.0. The third kappa shape index (κ3) is 3.53. The molecule has 3 aromatic rings. The molecule has 0 saturated heterocycles. The average Bonchev–Trinajstić information content (AvgIpc) is 3.12. The molecule has 0 aliphatic carbocycles. The zero-order valence-corrected chi connectivity index (χ0v) is 15.7. The lowest BCUT2D eigenvalue weighted by Crippen LogP contribution is -2.41. The summed E-state index contributed by atoms with van der Waals surface area (Å²) in [5.41, 5.74) is 1.14. The van der Waals surface area contributed by atoms with Gasteiger partial charge in [0, 0.05) is 20.6 Å². The number of aromatic nitrogens is 3. The highest BCUT2D eigenvalue weighted by Crippen LogP contribution is 2.22. The van der Waals surface area contributed by atoms with Gasteiger partial charge in [0.1, 0.15) is 41.2 Å². The number of benzene rings is 1. The molecule has 8 heteroatoms. The summed E-state index contributed by atoms with van der Waals surface area (Å²) in [6.07, 6.45) is 0. The van der Waals surface area contributed by atoms with Gasteiger partial charge in [-0.15, -0.1) is 0 Å². The number of pyridine rings is 1. The highest BCUT2D eigenvalue weighted by atomic mass is 19.1. The SMILES string of the molecule is CN(C)c1cccc(N2CCn3nc(COc4ccc(F)cc4)cc3C2=O)n1. The average molecular weight is 381 g/mol. The molecule has 0 radical (unpaired) electrons. The molecule has 1 amide bonds. The Bertz CT molecular complexity index is 1000. The van der Waals surface area contributed by atoms with Gasteiger partial charge in [0.15, 0.2) is 0 Å². The predicted octanol–water partition coefficient (Wildman–Crippen LogP) is 2.72. The van der Waals surface area contributed by atoms with Gasteiger partial charge in [-0.3, -0.25) is 14.4 Å². The van der Waals surface area contributed by atoms with Gasteiger partial charge < -0.3 is 9.64 Å². The Kier molecular flexibility index (Phi) is 4.68. The predicted molar refractivity (Wildman–Crippen MR) is 103 cm³/mol. The summed E-state index contributed by atoms with van der Waals surface area (Å²) < 4.78 is 20.3. The molecule has 4 rings (SSSR count). The van der Waals surface area contributed by atoms with Gasteiger partial charge in [-0.2, -0.15) is 5.10 Å². The minimum absolute atomic E-state index is 0.143. The van der Waals surface area contributed by atoms with Gasteiger partial charge in [-0.25, -0.2) is 9.37 Å². The lowest BCUT2D eigenvalue weighted by molar-refractivity contribution is 0.0961. The van der Waals surface area contributed by atoms with Gasteiger partial charge in [0.25, 0.3) is 5.91 Å². The second-order valence-corrected chi connectivity index (χ2v) is 6.69. The Hall–Kier alpha value is -3.42. The van der Waals surface area contributed by atoms with Gasteiger partial charge >= 0.3 is 0 Å². The van der Waals surface area contributed by atoms with Crippen LogP contribution in [0, 0.1) is 5.82 Å². The standard InChI is InChI=1S/C20H20FN5O2/c1-24(2)18-4-3-5-19(22-18)25-10-11-26-17(20(25)27)12-15(23-26)13-28-16-8-6-14(21)7-9-16/h3-9,12H,10-11,13H2,1-2H3. The molecule has 0 spiro atoms. The first-order chi connectivity index (χ1) is 13.5. The fourth-order valence-electron chi connectivity index (χ4n) is 3.04. The minimum Gasteiger partial charge on any atom is -0.487 e. The Morgan fingerprint density at radius 1 is 1.14 bits per heavy atom. The number of rotatable bonds is 5. The van der Waals surface area contributed by atoms with E-state index in [-0.39, 0.29) is 18.3 Å². The summed E-state index contributed by atoms with van der Waals surface area (Å²) in [5, 5.41) is 4.45. The number of amides is 1. The number of carbonyl (C=O) groups is 1. The topological polar surface area (TPSA) is 63.5 Å². The number of carbonyl (C=O) groups excluding carboxylic acids is 1. The fraction of sp³-hybridized carbons (Fsp3) is 0.250. The maximum Gasteiger partial charge on any atom is 0.277 e. The second kappa shape index (κ2) is 7.30. The van der Waals surface area contributed by atoms with Crippen molar-refractivity contribution in [1.29, 1.82) is 0 Å². The van der Waals surface area contributed by atoms with Gasteiger partial charge in [0.05, 0.1) is 6.54 Å². The van der Waals surface area contributed by atoms with Crippen LogP contribution in [-0.4, -0.2) is 41.3 Å². The van der Waals surface area contributed by atoms with Gasteiger partial charge in [0.2, 0.25) is 0 Å². The van der Waals surface area contributed by atoms with Crippen molar-refractivity contribution in [2.24, 2.45) is 0 Å². The zero-order chi connectivity index (χ0) is 19.7. The van der Waals surface area contributed by atoms with Crippen LogP contribution in [0.4, 0.5) is 16.0 Å². The molecule has 144 valence electrons. The summed E-state index contributed by atoms with van der Waals surface area (Å²) in [4.78, 5) is 21.1. The summed E-state index contributed by atoms with van der Waals surface area (Å²) in [6.45, 7) is 1.27. The van der Waals surface area contributed by atoms with Crippen molar-refractivity contribution < 1.29 is 13.9 Å². The van der Waals surface area contributed by atoms with Crippen molar-refractivity contribution in [3.63, 3.8) is 0 Å². The van der Waals surface area contributed by atoms with E-state index in [4.69, 9.17) is 4.74 Å². The number of ether oxygens (including phenoxy) is 1. The van der Waals surface area contributed by atoms with E-state index in [2.05, 4.69) is 10.1 Å². The first-order valence-electron chi connectivity index (χ1n) is 8.92. The van der Waals surface area contributed by atoms with Gasteiger partial charge in [-0.05, 0) is 42.5 Å². The molecule has 1 aromatic carbocycles. The van der Waals surface area contributed by atoms with Crippen LogP contribution in [0.15, 0.2) is 48.5 Å². The molecule has 0 N–H and O–H groups in total. The van der Waals surface area contributed by atoms with Crippen molar-refractivity contribution in [3.8, 4) is 5.75 Å². The highest BCUT2D eigenvalue weighted by molar-refractivity contribution is 6.05. The molecular weight excluding hydrogens is 361 g/mol. The largest absolute Gasteiger partial charge is 0.487 e. The molecule has 0 fully saturated rings. The summed E-state index contributed by atoms with van der Waals surface area (Å²) >= 11 is 0. The number of hydrogen-bond acceptors (Lipinski definition) is 5. The van der Waals surface area contributed by atoms with E-state index in [9.17, 15) is 9.18 Å². The van der Waals surface area contributed by atoms with E-state index in [0.29, 0.717) is 36.0 Å². The Morgan fingerprint density at radius 2 is 1.93 bits per heavy atom. The van der Waals surface area contributed by atoms with Crippen molar-refractivity contribution in [2.45, 2.75) is 13.2 Å².